The second kappa shape index (κ2) is 5.45. The first-order valence-corrected chi connectivity index (χ1v) is 5.88. The van der Waals surface area contributed by atoms with E-state index in [1.807, 2.05) is 13.8 Å². The number of allylic oxidation sites excluding steroid dienone is 2. The van der Waals surface area contributed by atoms with Gasteiger partial charge in [0, 0.05) is 0 Å². The highest BCUT2D eigenvalue weighted by Crippen LogP contribution is 2.27. The third-order valence-electron chi connectivity index (χ3n) is 3.11. The smallest absolute Gasteiger partial charge is 0.145 e. The molecule has 0 aromatic carbocycles. The monoisotopic (exact) mass is 210 g/mol. The number of hydrogen-bond donors (Lipinski definition) is 1. The lowest BCUT2D eigenvalue weighted by atomic mass is 9.85. The Balaban J connectivity index is 2.20. The van der Waals surface area contributed by atoms with Crippen LogP contribution in [0.2, 0.25) is 0 Å². The molecule has 1 aliphatic rings. The molecule has 0 fully saturated rings. The van der Waals surface area contributed by atoms with Crippen LogP contribution in [0.1, 0.15) is 52.4 Å². The minimum atomic E-state index is -0.529. The fourth-order valence-electron chi connectivity index (χ4n) is 2.10. The average Bonchev–Trinajstić information content (AvgIpc) is 2.17. The Morgan fingerprint density at radius 3 is 2.80 bits per heavy atom. The van der Waals surface area contributed by atoms with Crippen molar-refractivity contribution in [3.8, 4) is 0 Å². The molecular weight excluding hydrogens is 188 g/mol. The molecule has 0 aromatic heterocycles. The molecule has 0 aromatic rings. The summed E-state index contributed by atoms with van der Waals surface area (Å²) in [7, 11) is 0. The molecule has 15 heavy (non-hydrogen) atoms. The minimum absolute atomic E-state index is 0.529. The van der Waals surface area contributed by atoms with Gasteiger partial charge in [0.2, 0.25) is 0 Å². The van der Waals surface area contributed by atoms with Crippen LogP contribution < -0.4 is 0 Å². The Kier molecular flexibility index (Phi) is 4.52. The van der Waals surface area contributed by atoms with E-state index in [4.69, 9.17) is 0 Å². The molecular formula is C13H22O2. The molecule has 0 heterocycles. The molecule has 0 radical (unpaired) electrons. The van der Waals surface area contributed by atoms with Crippen molar-refractivity contribution in [3.63, 3.8) is 0 Å². The second-order valence-electron chi connectivity index (χ2n) is 5.24. The Labute approximate surface area is 92.4 Å². The summed E-state index contributed by atoms with van der Waals surface area (Å²) < 4.78 is 0. The second-order valence-corrected chi connectivity index (χ2v) is 5.24. The molecule has 0 bridgehead atoms. The maximum absolute atomic E-state index is 10.5. The van der Waals surface area contributed by atoms with Crippen molar-refractivity contribution < 1.29 is 9.90 Å². The number of aldehydes is 1. The molecule has 0 amide bonds. The summed E-state index contributed by atoms with van der Waals surface area (Å²) in [4.78, 5) is 10.5. The van der Waals surface area contributed by atoms with E-state index in [1.165, 1.54) is 6.42 Å². The summed E-state index contributed by atoms with van der Waals surface area (Å²) >= 11 is 0. The zero-order chi connectivity index (χ0) is 11.3. The van der Waals surface area contributed by atoms with Gasteiger partial charge in [-0.05, 0) is 51.0 Å². The molecule has 0 spiro atoms. The van der Waals surface area contributed by atoms with Gasteiger partial charge in [-0.3, -0.25) is 4.79 Å². The molecule has 2 nitrogen and oxygen atoms in total. The van der Waals surface area contributed by atoms with Crippen molar-refractivity contribution in [3.05, 3.63) is 11.6 Å². The highest BCUT2D eigenvalue weighted by Gasteiger charge is 2.16. The van der Waals surface area contributed by atoms with E-state index in [0.29, 0.717) is 0 Å². The molecule has 1 rings (SSSR count). The van der Waals surface area contributed by atoms with Gasteiger partial charge in [0.05, 0.1) is 5.60 Å². The maximum Gasteiger partial charge on any atom is 0.145 e. The predicted octanol–water partition coefficient (Wildman–Crippen LogP) is 2.85. The summed E-state index contributed by atoms with van der Waals surface area (Å²) in [6.07, 6.45) is 9.30. The van der Waals surface area contributed by atoms with Crippen LogP contribution in [0.15, 0.2) is 11.6 Å². The van der Waals surface area contributed by atoms with Crippen molar-refractivity contribution in [1.29, 1.82) is 0 Å². The van der Waals surface area contributed by atoms with Gasteiger partial charge in [0.1, 0.15) is 6.29 Å². The van der Waals surface area contributed by atoms with E-state index in [-0.39, 0.29) is 0 Å². The van der Waals surface area contributed by atoms with Crippen LogP contribution in [-0.2, 0) is 4.79 Å². The lowest BCUT2D eigenvalue weighted by molar-refractivity contribution is -0.105. The zero-order valence-corrected chi connectivity index (χ0v) is 9.83. The number of hydrogen-bond acceptors (Lipinski definition) is 2. The molecule has 0 saturated carbocycles. The first kappa shape index (κ1) is 12.4. The largest absolute Gasteiger partial charge is 0.390 e. The molecule has 86 valence electrons. The van der Waals surface area contributed by atoms with E-state index < -0.39 is 5.60 Å². The third-order valence-corrected chi connectivity index (χ3v) is 3.11. The van der Waals surface area contributed by atoms with Gasteiger partial charge in [0.15, 0.2) is 0 Å². The fourth-order valence-corrected chi connectivity index (χ4v) is 2.10. The summed E-state index contributed by atoms with van der Waals surface area (Å²) in [5.74, 6) is 0.719. The molecule has 2 heteroatoms. The van der Waals surface area contributed by atoms with Crippen molar-refractivity contribution >= 4 is 6.29 Å². The van der Waals surface area contributed by atoms with Gasteiger partial charge in [0.25, 0.3) is 0 Å². The topological polar surface area (TPSA) is 37.3 Å². The summed E-state index contributed by atoms with van der Waals surface area (Å²) in [5.41, 5.74) is 0.437. The van der Waals surface area contributed by atoms with E-state index in [0.717, 1.165) is 49.9 Å². The standard InChI is InChI=1S/C13H22O2/c1-13(2,15)9-3-4-11-5-7-12(10-14)8-6-11/h7,10-11,15H,3-6,8-9H2,1-2H3. The van der Waals surface area contributed by atoms with Gasteiger partial charge in [-0.25, -0.2) is 0 Å². The Morgan fingerprint density at radius 1 is 1.60 bits per heavy atom. The molecule has 1 atom stereocenters. The van der Waals surface area contributed by atoms with Crippen molar-refractivity contribution in [2.24, 2.45) is 5.92 Å². The van der Waals surface area contributed by atoms with Gasteiger partial charge < -0.3 is 5.11 Å². The molecule has 0 aliphatic heterocycles. The highest BCUT2D eigenvalue weighted by atomic mass is 16.3. The van der Waals surface area contributed by atoms with Crippen LogP contribution in [0, 0.1) is 5.92 Å². The van der Waals surface area contributed by atoms with Crippen LogP contribution in [0.4, 0.5) is 0 Å². The average molecular weight is 210 g/mol. The first-order valence-electron chi connectivity index (χ1n) is 5.88. The van der Waals surface area contributed by atoms with Gasteiger partial charge in [-0.1, -0.05) is 18.9 Å². The van der Waals surface area contributed by atoms with Crippen LogP contribution >= 0.6 is 0 Å². The SMILES string of the molecule is CC(C)(O)CCCC1CC=C(C=O)CC1. The predicted molar refractivity (Wildman–Crippen MR) is 61.6 cm³/mol. The first-order chi connectivity index (χ1) is 7.01. The van der Waals surface area contributed by atoms with Crippen LogP contribution in [0.25, 0.3) is 0 Å². The Bertz CT molecular complexity index is 235. The minimum Gasteiger partial charge on any atom is -0.390 e. The molecule has 1 unspecified atom stereocenters. The van der Waals surface area contributed by atoms with Gasteiger partial charge >= 0.3 is 0 Å². The number of carbonyl (C=O) groups is 1. The maximum atomic E-state index is 10.5. The van der Waals surface area contributed by atoms with Gasteiger partial charge in [-0.2, -0.15) is 0 Å². The fraction of sp³-hybridized carbons (Fsp3) is 0.769. The van der Waals surface area contributed by atoms with Crippen LogP contribution in [0.3, 0.4) is 0 Å². The molecule has 1 N–H and O–H groups in total. The summed E-state index contributed by atoms with van der Waals surface area (Å²) in [6.45, 7) is 3.72. The van der Waals surface area contributed by atoms with Crippen LogP contribution in [-0.4, -0.2) is 17.0 Å². The Morgan fingerprint density at radius 2 is 2.33 bits per heavy atom. The number of aliphatic hydroxyl groups is 1. The van der Waals surface area contributed by atoms with Crippen molar-refractivity contribution in [2.45, 2.75) is 58.0 Å². The summed E-state index contributed by atoms with van der Waals surface area (Å²) in [6, 6.07) is 0. The zero-order valence-electron chi connectivity index (χ0n) is 9.83. The molecule has 0 saturated heterocycles. The quantitative estimate of drug-likeness (QED) is 0.708. The van der Waals surface area contributed by atoms with Crippen molar-refractivity contribution in [1.82, 2.24) is 0 Å². The van der Waals surface area contributed by atoms with Crippen LogP contribution in [0.5, 0.6) is 0 Å². The summed E-state index contributed by atoms with van der Waals surface area (Å²) in [5, 5.41) is 9.57. The lowest BCUT2D eigenvalue weighted by Gasteiger charge is -2.22. The van der Waals surface area contributed by atoms with E-state index in [9.17, 15) is 9.90 Å². The number of carbonyl (C=O) groups excluding carboxylic acids is 1. The van der Waals surface area contributed by atoms with Crippen molar-refractivity contribution in [2.75, 3.05) is 0 Å². The van der Waals surface area contributed by atoms with E-state index in [2.05, 4.69) is 6.08 Å². The number of rotatable bonds is 5. The van der Waals surface area contributed by atoms with E-state index in [1.54, 1.807) is 0 Å². The van der Waals surface area contributed by atoms with Gasteiger partial charge in [-0.15, -0.1) is 0 Å². The normalized spacial score (nSPS) is 22.3. The third kappa shape index (κ3) is 5.12. The Hall–Kier alpha value is -0.630. The lowest BCUT2D eigenvalue weighted by Crippen LogP contribution is -2.18. The highest BCUT2D eigenvalue weighted by molar-refractivity contribution is 5.73. The van der Waals surface area contributed by atoms with E-state index >= 15 is 0 Å². The molecule has 1 aliphatic carbocycles.